The van der Waals surface area contributed by atoms with Crippen molar-refractivity contribution >= 4 is 0 Å². The third-order valence-electron chi connectivity index (χ3n) is 3.18. The minimum Gasteiger partial charge on any atom is -0.481 e. The average Bonchev–Trinajstić information content (AvgIpc) is 2.18. The maximum Gasteiger partial charge on any atom is 0.213 e. The molecule has 76 valence electrons. The Labute approximate surface area is 84.3 Å². The molecule has 1 saturated carbocycles. The first-order valence-corrected chi connectivity index (χ1v) is 5.02. The lowest BCUT2D eigenvalue weighted by molar-refractivity contribution is 0.243. The normalized spacial score (nSPS) is 18.7. The zero-order valence-electron chi connectivity index (χ0n) is 8.49. The fourth-order valence-electron chi connectivity index (χ4n) is 1.99. The van der Waals surface area contributed by atoms with Gasteiger partial charge >= 0.3 is 0 Å². The number of aromatic nitrogens is 1. The second kappa shape index (κ2) is 3.58. The molecule has 14 heavy (non-hydrogen) atoms. The predicted octanol–water partition coefficient (Wildman–Crippen LogP) is 1.47. The van der Waals surface area contributed by atoms with Crippen molar-refractivity contribution in [2.75, 3.05) is 13.7 Å². The van der Waals surface area contributed by atoms with Crippen molar-refractivity contribution in [3.63, 3.8) is 0 Å². The molecule has 2 rings (SSSR count). The number of nitrogens with zero attached hydrogens (tertiary/aromatic N) is 1. The molecule has 2 N–H and O–H groups in total. The SMILES string of the molecule is COc1cccc(C2(CN)CCC2)n1. The topological polar surface area (TPSA) is 48.1 Å². The zero-order chi connectivity index (χ0) is 10.0. The van der Waals surface area contributed by atoms with E-state index in [9.17, 15) is 0 Å². The van der Waals surface area contributed by atoms with Gasteiger partial charge < -0.3 is 10.5 Å². The van der Waals surface area contributed by atoms with E-state index in [4.69, 9.17) is 10.5 Å². The van der Waals surface area contributed by atoms with Crippen molar-refractivity contribution in [1.29, 1.82) is 0 Å². The molecule has 0 spiro atoms. The molecule has 1 fully saturated rings. The maximum absolute atomic E-state index is 5.81. The standard InChI is InChI=1S/C11H16N2O/c1-14-10-5-2-4-9(13-10)11(8-12)6-3-7-11/h2,4-5H,3,6-8,12H2,1H3. The zero-order valence-corrected chi connectivity index (χ0v) is 8.49. The van der Waals surface area contributed by atoms with Gasteiger partial charge in [-0.25, -0.2) is 4.98 Å². The molecule has 0 bridgehead atoms. The first-order valence-electron chi connectivity index (χ1n) is 5.02. The molecule has 0 amide bonds. The molecule has 3 nitrogen and oxygen atoms in total. The van der Waals surface area contributed by atoms with Crippen molar-refractivity contribution in [3.05, 3.63) is 23.9 Å². The molecule has 0 unspecified atom stereocenters. The number of rotatable bonds is 3. The summed E-state index contributed by atoms with van der Waals surface area (Å²) in [5.74, 6) is 0.683. The second-order valence-corrected chi connectivity index (χ2v) is 3.90. The first-order chi connectivity index (χ1) is 6.80. The van der Waals surface area contributed by atoms with Crippen LogP contribution in [0.3, 0.4) is 0 Å². The largest absolute Gasteiger partial charge is 0.481 e. The predicted molar refractivity (Wildman–Crippen MR) is 55.4 cm³/mol. The average molecular weight is 192 g/mol. The van der Waals surface area contributed by atoms with Crippen LogP contribution in [0, 0.1) is 0 Å². The summed E-state index contributed by atoms with van der Waals surface area (Å²) in [5.41, 5.74) is 7.03. The number of hydrogen-bond acceptors (Lipinski definition) is 3. The van der Waals surface area contributed by atoms with Gasteiger partial charge in [-0.05, 0) is 18.9 Å². The molecule has 1 heterocycles. The number of hydrogen-bond donors (Lipinski definition) is 1. The van der Waals surface area contributed by atoms with E-state index in [1.807, 2.05) is 12.1 Å². The molecule has 1 aromatic rings. The summed E-state index contributed by atoms with van der Waals surface area (Å²) in [6, 6.07) is 5.90. The Morgan fingerprint density at radius 1 is 1.50 bits per heavy atom. The summed E-state index contributed by atoms with van der Waals surface area (Å²) >= 11 is 0. The number of pyridine rings is 1. The Hall–Kier alpha value is -1.09. The summed E-state index contributed by atoms with van der Waals surface area (Å²) in [4.78, 5) is 4.45. The van der Waals surface area contributed by atoms with Gasteiger partial charge in [0.2, 0.25) is 5.88 Å². The Balaban J connectivity index is 2.30. The molecule has 3 heteroatoms. The molecule has 1 aromatic heterocycles. The van der Waals surface area contributed by atoms with E-state index in [2.05, 4.69) is 11.1 Å². The van der Waals surface area contributed by atoms with Crippen molar-refractivity contribution in [2.45, 2.75) is 24.7 Å². The van der Waals surface area contributed by atoms with Crippen LogP contribution in [0.25, 0.3) is 0 Å². The fourth-order valence-corrected chi connectivity index (χ4v) is 1.99. The van der Waals surface area contributed by atoms with E-state index in [-0.39, 0.29) is 5.41 Å². The van der Waals surface area contributed by atoms with Crippen LogP contribution in [-0.4, -0.2) is 18.6 Å². The smallest absolute Gasteiger partial charge is 0.213 e. The fraction of sp³-hybridized carbons (Fsp3) is 0.545. The van der Waals surface area contributed by atoms with Crippen LogP contribution in [-0.2, 0) is 5.41 Å². The van der Waals surface area contributed by atoms with Gasteiger partial charge in [0.05, 0.1) is 12.8 Å². The van der Waals surface area contributed by atoms with Gasteiger partial charge in [-0.2, -0.15) is 0 Å². The summed E-state index contributed by atoms with van der Waals surface area (Å²) in [5, 5.41) is 0. The van der Waals surface area contributed by atoms with E-state index < -0.39 is 0 Å². The van der Waals surface area contributed by atoms with Gasteiger partial charge in [-0.15, -0.1) is 0 Å². The van der Waals surface area contributed by atoms with Crippen LogP contribution in [0.2, 0.25) is 0 Å². The molecule has 1 aliphatic rings. The van der Waals surface area contributed by atoms with Crippen LogP contribution < -0.4 is 10.5 Å². The Bertz CT molecular complexity index is 315. The molecule has 0 aliphatic heterocycles. The molecular formula is C11H16N2O. The summed E-state index contributed by atoms with van der Waals surface area (Å²) < 4.78 is 5.11. The van der Waals surface area contributed by atoms with Gasteiger partial charge in [0.15, 0.2) is 0 Å². The Morgan fingerprint density at radius 2 is 2.29 bits per heavy atom. The van der Waals surface area contributed by atoms with Crippen LogP contribution in [0.4, 0.5) is 0 Å². The van der Waals surface area contributed by atoms with E-state index in [0.29, 0.717) is 12.4 Å². The molecule has 1 aliphatic carbocycles. The molecule has 0 atom stereocenters. The number of nitrogens with two attached hydrogens (primary N) is 1. The molecular weight excluding hydrogens is 176 g/mol. The third-order valence-corrected chi connectivity index (χ3v) is 3.18. The first kappa shape index (κ1) is 9.46. The minimum absolute atomic E-state index is 0.133. The van der Waals surface area contributed by atoms with Gasteiger partial charge in [0.25, 0.3) is 0 Å². The Morgan fingerprint density at radius 3 is 2.79 bits per heavy atom. The maximum atomic E-state index is 5.81. The van der Waals surface area contributed by atoms with E-state index in [1.54, 1.807) is 7.11 Å². The summed E-state index contributed by atoms with van der Waals surface area (Å²) in [6.07, 6.45) is 3.57. The summed E-state index contributed by atoms with van der Waals surface area (Å²) in [7, 11) is 1.64. The summed E-state index contributed by atoms with van der Waals surface area (Å²) in [6.45, 7) is 0.688. The van der Waals surface area contributed by atoms with Crippen LogP contribution in [0.5, 0.6) is 5.88 Å². The third kappa shape index (κ3) is 1.38. The quantitative estimate of drug-likeness (QED) is 0.789. The van der Waals surface area contributed by atoms with Crippen molar-refractivity contribution in [2.24, 2.45) is 5.73 Å². The lowest BCUT2D eigenvalue weighted by Crippen LogP contribution is -2.42. The highest BCUT2D eigenvalue weighted by Crippen LogP contribution is 2.42. The highest BCUT2D eigenvalue weighted by molar-refractivity contribution is 5.25. The monoisotopic (exact) mass is 192 g/mol. The highest BCUT2D eigenvalue weighted by atomic mass is 16.5. The van der Waals surface area contributed by atoms with E-state index in [1.165, 1.54) is 6.42 Å². The minimum atomic E-state index is 0.133. The van der Waals surface area contributed by atoms with E-state index in [0.717, 1.165) is 18.5 Å². The lowest BCUT2D eigenvalue weighted by atomic mass is 9.66. The van der Waals surface area contributed by atoms with Crippen molar-refractivity contribution in [1.82, 2.24) is 4.98 Å². The van der Waals surface area contributed by atoms with Crippen molar-refractivity contribution in [3.8, 4) is 5.88 Å². The number of ether oxygens (including phenoxy) is 1. The van der Waals surface area contributed by atoms with Crippen LogP contribution in [0.1, 0.15) is 25.0 Å². The number of methoxy groups -OCH3 is 1. The molecule has 0 saturated heterocycles. The van der Waals surface area contributed by atoms with Gasteiger partial charge in [-0.1, -0.05) is 12.5 Å². The van der Waals surface area contributed by atoms with Crippen LogP contribution >= 0.6 is 0 Å². The van der Waals surface area contributed by atoms with Gasteiger partial charge in [-0.3, -0.25) is 0 Å². The van der Waals surface area contributed by atoms with Gasteiger partial charge in [0.1, 0.15) is 0 Å². The van der Waals surface area contributed by atoms with Crippen LogP contribution in [0.15, 0.2) is 18.2 Å². The second-order valence-electron chi connectivity index (χ2n) is 3.90. The molecule has 0 aromatic carbocycles. The van der Waals surface area contributed by atoms with E-state index >= 15 is 0 Å². The highest BCUT2D eigenvalue weighted by Gasteiger charge is 2.38. The van der Waals surface area contributed by atoms with Gasteiger partial charge in [0, 0.05) is 18.0 Å². The lowest BCUT2D eigenvalue weighted by Gasteiger charge is -2.40. The Kier molecular flexibility index (Phi) is 2.42. The van der Waals surface area contributed by atoms with Crippen molar-refractivity contribution < 1.29 is 4.74 Å². The molecule has 0 radical (unpaired) electrons.